The zero-order chi connectivity index (χ0) is 10.8. The van der Waals surface area contributed by atoms with Crippen molar-refractivity contribution in [3.63, 3.8) is 0 Å². The predicted molar refractivity (Wildman–Crippen MR) is 46.8 cm³/mol. The third-order valence-electron chi connectivity index (χ3n) is 1.64. The molecule has 0 aliphatic heterocycles. The van der Waals surface area contributed by atoms with Gasteiger partial charge in [0.15, 0.2) is 0 Å². The molecule has 1 nitrogen and oxygen atoms in total. The van der Waals surface area contributed by atoms with Crippen LogP contribution in [0.25, 0.3) is 0 Å². The highest BCUT2D eigenvalue weighted by atomic mass is 35.5. The Morgan fingerprint density at radius 3 is 2.57 bits per heavy atom. The molecule has 0 heterocycles. The van der Waals surface area contributed by atoms with Crippen molar-refractivity contribution in [3.05, 3.63) is 35.5 Å². The Hall–Kier alpha value is -1.03. The molecule has 0 amide bonds. The molecule has 0 saturated heterocycles. The monoisotopic (exact) mass is 222 g/mol. The van der Waals surface area contributed by atoms with Crippen LogP contribution in [0, 0.1) is 0 Å². The van der Waals surface area contributed by atoms with Crippen molar-refractivity contribution in [2.24, 2.45) is 0 Å². The summed E-state index contributed by atoms with van der Waals surface area (Å²) in [6.45, 7) is 0. The van der Waals surface area contributed by atoms with Crippen LogP contribution < -0.4 is 0 Å². The molecule has 0 radical (unpaired) electrons. The number of rotatable bonds is 1. The van der Waals surface area contributed by atoms with E-state index in [0.29, 0.717) is 0 Å². The van der Waals surface area contributed by atoms with E-state index in [1.165, 1.54) is 12.2 Å². The Morgan fingerprint density at radius 1 is 1.43 bits per heavy atom. The van der Waals surface area contributed by atoms with Gasteiger partial charge in [-0.15, -0.1) is 0 Å². The lowest BCUT2D eigenvalue weighted by atomic mass is 10.2. The van der Waals surface area contributed by atoms with Crippen molar-refractivity contribution < 1.29 is 18.0 Å². The van der Waals surface area contributed by atoms with E-state index >= 15 is 0 Å². The minimum atomic E-state index is -4.45. The molecule has 0 aromatic heterocycles. The Balaban J connectivity index is 3.06. The van der Waals surface area contributed by atoms with Crippen LogP contribution >= 0.6 is 11.6 Å². The number of alkyl halides is 3. The summed E-state index contributed by atoms with van der Waals surface area (Å²) in [5.74, 6) is 0. The minimum absolute atomic E-state index is 0.121. The van der Waals surface area contributed by atoms with Crippen molar-refractivity contribution >= 4 is 16.8 Å². The fraction of sp³-hybridized carbons (Fsp3) is 0.222. The number of halogens is 4. The SMILES string of the molecule is O=C(Cl)C1=CCC=CC(C(F)(F)F)=C1. The van der Waals surface area contributed by atoms with Gasteiger partial charge in [0, 0.05) is 5.57 Å². The van der Waals surface area contributed by atoms with Crippen molar-refractivity contribution in [1.29, 1.82) is 0 Å². The molecule has 0 unspecified atom stereocenters. The van der Waals surface area contributed by atoms with Crippen LogP contribution in [0.1, 0.15) is 6.42 Å². The van der Waals surface area contributed by atoms with E-state index in [-0.39, 0.29) is 12.0 Å². The summed E-state index contributed by atoms with van der Waals surface area (Å²) in [5, 5.41) is -0.879. The van der Waals surface area contributed by atoms with E-state index in [4.69, 9.17) is 11.6 Å². The standard InChI is InChI=1S/C9H6ClF3O/c10-8(14)6-3-1-2-4-7(5-6)9(11,12)13/h2-5H,1H2. The van der Waals surface area contributed by atoms with E-state index in [1.807, 2.05) is 0 Å². The lowest BCUT2D eigenvalue weighted by molar-refractivity contribution is -0.108. The fourth-order valence-corrected chi connectivity index (χ4v) is 1.11. The lowest BCUT2D eigenvalue weighted by Gasteiger charge is -2.06. The Labute approximate surface area is 83.5 Å². The molecule has 5 heteroatoms. The average Bonchev–Trinajstić information content (AvgIpc) is 2.26. The maximum absolute atomic E-state index is 12.3. The second-order valence-corrected chi connectivity index (χ2v) is 3.01. The number of carbonyl (C=O) groups excluding carboxylic acids is 1. The summed E-state index contributed by atoms with van der Waals surface area (Å²) in [6.07, 6.45) is 0.176. The van der Waals surface area contributed by atoms with Crippen LogP contribution in [0.4, 0.5) is 13.2 Å². The summed E-state index contributed by atoms with van der Waals surface area (Å²) in [6, 6.07) is 0. The van der Waals surface area contributed by atoms with Crippen molar-refractivity contribution in [1.82, 2.24) is 0 Å². The molecule has 0 fully saturated rings. The topological polar surface area (TPSA) is 17.1 Å². The molecule has 0 bridgehead atoms. The van der Waals surface area contributed by atoms with E-state index < -0.39 is 17.0 Å². The molecule has 0 atom stereocenters. The second-order valence-electron chi connectivity index (χ2n) is 2.67. The molecule has 0 N–H and O–H groups in total. The van der Waals surface area contributed by atoms with Gasteiger partial charge in [-0.3, -0.25) is 4.79 Å². The third-order valence-corrected chi connectivity index (χ3v) is 1.85. The van der Waals surface area contributed by atoms with Gasteiger partial charge < -0.3 is 0 Å². The molecule has 0 aromatic carbocycles. The molecule has 1 aliphatic carbocycles. The summed E-state index contributed by atoms with van der Waals surface area (Å²) in [4.78, 5) is 10.7. The summed E-state index contributed by atoms with van der Waals surface area (Å²) in [7, 11) is 0. The van der Waals surface area contributed by atoms with Crippen LogP contribution in [0.2, 0.25) is 0 Å². The van der Waals surface area contributed by atoms with Crippen LogP contribution in [0.3, 0.4) is 0 Å². The molecule has 1 rings (SSSR count). The first kappa shape index (κ1) is 11.0. The second kappa shape index (κ2) is 4.00. The van der Waals surface area contributed by atoms with Gasteiger partial charge in [-0.1, -0.05) is 18.2 Å². The zero-order valence-corrected chi connectivity index (χ0v) is 7.69. The third kappa shape index (κ3) is 2.73. The quantitative estimate of drug-likeness (QED) is 0.623. The molecular weight excluding hydrogens is 217 g/mol. The van der Waals surface area contributed by atoms with E-state index in [2.05, 4.69) is 0 Å². The number of allylic oxidation sites excluding steroid dienone is 6. The smallest absolute Gasteiger partial charge is 0.276 e. The lowest BCUT2D eigenvalue weighted by Crippen LogP contribution is -2.10. The summed E-state index contributed by atoms with van der Waals surface area (Å²) >= 11 is 5.10. The van der Waals surface area contributed by atoms with Gasteiger partial charge in [0.05, 0.1) is 5.57 Å². The van der Waals surface area contributed by atoms with E-state index in [1.54, 1.807) is 0 Å². The van der Waals surface area contributed by atoms with E-state index in [0.717, 1.165) is 12.2 Å². The Morgan fingerprint density at radius 2 is 2.07 bits per heavy atom. The number of hydrogen-bond donors (Lipinski definition) is 0. The van der Waals surface area contributed by atoms with Crippen LogP contribution in [0.5, 0.6) is 0 Å². The number of carbonyl (C=O) groups is 1. The maximum atomic E-state index is 12.3. The summed E-state index contributed by atoms with van der Waals surface area (Å²) in [5.41, 5.74) is -0.987. The first-order chi connectivity index (χ1) is 6.41. The average molecular weight is 223 g/mol. The highest BCUT2D eigenvalue weighted by Gasteiger charge is 2.32. The Bertz CT molecular complexity index is 336. The van der Waals surface area contributed by atoms with Gasteiger partial charge in [-0.2, -0.15) is 13.2 Å². The van der Waals surface area contributed by atoms with E-state index in [9.17, 15) is 18.0 Å². The van der Waals surface area contributed by atoms with Crippen molar-refractivity contribution in [3.8, 4) is 0 Å². The van der Waals surface area contributed by atoms with Crippen LogP contribution in [-0.4, -0.2) is 11.4 Å². The van der Waals surface area contributed by atoms with Gasteiger partial charge in [0.25, 0.3) is 5.24 Å². The van der Waals surface area contributed by atoms with Crippen LogP contribution in [-0.2, 0) is 4.79 Å². The minimum Gasteiger partial charge on any atom is -0.276 e. The summed E-state index contributed by atoms with van der Waals surface area (Å²) < 4.78 is 36.8. The predicted octanol–water partition coefficient (Wildman–Crippen LogP) is 3.13. The molecule has 76 valence electrons. The molecule has 0 aromatic rings. The van der Waals surface area contributed by atoms with Crippen molar-refractivity contribution in [2.45, 2.75) is 12.6 Å². The molecule has 0 spiro atoms. The normalized spacial score (nSPS) is 17.1. The highest BCUT2D eigenvalue weighted by molar-refractivity contribution is 6.68. The number of hydrogen-bond acceptors (Lipinski definition) is 1. The molecular formula is C9H6ClF3O. The maximum Gasteiger partial charge on any atom is 0.416 e. The van der Waals surface area contributed by atoms with Gasteiger partial charge >= 0.3 is 6.18 Å². The van der Waals surface area contributed by atoms with Gasteiger partial charge in [0.1, 0.15) is 0 Å². The van der Waals surface area contributed by atoms with Crippen molar-refractivity contribution in [2.75, 3.05) is 0 Å². The van der Waals surface area contributed by atoms with Crippen LogP contribution in [0.15, 0.2) is 35.5 Å². The molecule has 0 saturated carbocycles. The van der Waals surface area contributed by atoms with Gasteiger partial charge in [0.2, 0.25) is 0 Å². The molecule has 14 heavy (non-hydrogen) atoms. The fourth-order valence-electron chi connectivity index (χ4n) is 0.978. The zero-order valence-electron chi connectivity index (χ0n) is 6.94. The first-order valence-corrected chi connectivity index (χ1v) is 4.14. The van der Waals surface area contributed by atoms with Gasteiger partial charge in [-0.05, 0) is 24.1 Å². The van der Waals surface area contributed by atoms with Gasteiger partial charge in [-0.25, -0.2) is 0 Å². The largest absolute Gasteiger partial charge is 0.416 e. The highest BCUT2D eigenvalue weighted by Crippen LogP contribution is 2.29. The molecule has 1 aliphatic rings. The first-order valence-electron chi connectivity index (χ1n) is 3.76. The Kier molecular flexibility index (Phi) is 3.16.